The van der Waals surface area contributed by atoms with Crippen LogP contribution < -0.4 is 5.32 Å². The van der Waals surface area contributed by atoms with Crippen LogP contribution in [0.25, 0.3) is 11.0 Å². The van der Waals surface area contributed by atoms with Crippen molar-refractivity contribution in [3.05, 3.63) is 71.1 Å². The van der Waals surface area contributed by atoms with E-state index in [0.29, 0.717) is 24.8 Å². The number of fused-ring (bicyclic) bond motifs is 1. The molecule has 1 amide bonds. The zero-order valence-electron chi connectivity index (χ0n) is 22.3. The van der Waals surface area contributed by atoms with Crippen LogP contribution in [0, 0.1) is 12.8 Å². The number of pyridine rings is 1. The Morgan fingerprint density at radius 3 is 2.89 bits per heavy atom. The minimum atomic E-state index is -0.204. The van der Waals surface area contributed by atoms with E-state index in [1.165, 1.54) is 12.8 Å². The molecule has 2 N–H and O–H groups in total. The fraction of sp³-hybridized carbons (Fsp3) is 0.448. The van der Waals surface area contributed by atoms with Crippen molar-refractivity contribution >= 4 is 22.6 Å². The number of ether oxygens (including phenoxy) is 1. The monoisotopic (exact) mass is 513 g/mol. The van der Waals surface area contributed by atoms with Crippen molar-refractivity contribution in [2.45, 2.75) is 45.1 Å². The zero-order chi connectivity index (χ0) is 26.3. The molecule has 0 spiro atoms. The molecule has 1 aromatic carbocycles. The van der Waals surface area contributed by atoms with E-state index in [0.717, 1.165) is 65.3 Å². The van der Waals surface area contributed by atoms with Crippen LogP contribution in [0.1, 0.15) is 52.8 Å². The second kappa shape index (κ2) is 9.96. The Morgan fingerprint density at radius 1 is 1.29 bits per heavy atom. The third-order valence-electron chi connectivity index (χ3n) is 8.07. The van der Waals surface area contributed by atoms with Gasteiger partial charge in [-0.25, -0.2) is 4.98 Å². The number of aromatic amines is 1. The van der Waals surface area contributed by atoms with E-state index < -0.39 is 0 Å². The highest BCUT2D eigenvalue weighted by Crippen LogP contribution is 2.36. The number of aromatic nitrogens is 5. The first-order chi connectivity index (χ1) is 18.4. The number of hydrogen-bond donors (Lipinski definition) is 2. The van der Waals surface area contributed by atoms with Crippen molar-refractivity contribution < 1.29 is 9.53 Å². The Bertz CT molecular complexity index is 1470. The van der Waals surface area contributed by atoms with Gasteiger partial charge in [-0.3, -0.25) is 9.69 Å². The third-order valence-corrected chi connectivity index (χ3v) is 8.07. The van der Waals surface area contributed by atoms with Crippen LogP contribution >= 0.6 is 0 Å². The molecule has 1 atom stereocenters. The van der Waals surface area contributed by atoms with Crippen LogP contribution in [0.2, 0.25) is 0 Å². The quantitative estimate of drug-likeness (QED) is 0.388. The van der Waals surface area contributed by atoms with Crippen molar-refractivity contribution in [3.8, 4) is 0 Å². The Morgan fingerprint density at radius 2 is 2.16 bits per heavy atom. The summed E-state index contributed by atoms with van der Waals surface area (Å²) >= 11 is 0. The van der Waals surface area contributed by atoms with Gasteiger partial charge in [0.1, 0.15) is 17.8 Å². The molecule has 0 saturated carbocycles. The molecule has 9 nitrogen and oxygen atoms in total. The van der Waals surface area contributed by atoms with Gasteiger partial charge in [-0.15, -0.1) is 10.2 Å². The molecule has 0 unspecified atom stereocenters. The van der Waals surface area contributed by atoms with Crippen molar-refractivity contribution in [3.63, 3.8) is 0 Å². The molecule has 6 rings (SSSR count). The van der Waals surface area contributed by atoms with Gasteiger partial charge < -0.3 is 19.6 Å². The van der Waals surface area contributed by atoms with Crippen LogP contribution in [-0.4, -0.2) is 61.8 Å². The van der Waals surface area contributed by atoms with E-state index in [9.17, 15) is 4.79 Å². The lowest BCUT2D eigenvalue weighted by Crippen LogP contribution is -2.49. The Labute approximate surface area is 222 Å². The lowest BCUT2D eigenvalue weighted by molar-refractivity contribution is -0.0610. The number of anilines is 1. The molecule has 198 valence electrons. The van der Waals surface area contributed by atoms with Crippen molar-refractivity contribution in [1.29, 1.82) is 0 Å². The molecule has 9 heteroatoms. The number of H-pyrrole nitrogens is 1. The highest BCUT2D eigenvalue weighted by molar-refractivity contribution is 6.04. The molecule has 0 aliphatic carbocycles. The van der Waals surface area contributed by atoms with E-state index in [1.807, 2.05) is 49.0 Å². The Kier molecular flexibility index (Phi) is 6.49. The smallest absolute Gasteiger partial charge is 0.274 e. The average Bonchev–Trinajstić information content (AvgIpc) is 3.46. The summed E-state index contributed by atoms with van der Waals surface area (Å²) in [5, 5.41) is 11.4. The number of nitrogens with zero attached hydrogens (tertiary/aromatic N) is 5. The molecule has 38 heavy (non-hydrogen) atoms. The van der Waals surface area contributed by atoms with E-state index >= 15 is 0 Å². The minimum absolute atomic E-state index is 0.181. The molecule has 0 radical (unpaired) electrons. The number of benzene rings is 1. The predicted octanol–water partition coefficient (Wildman–Crippen LogP) is 3.99. The van der Waals surface area contributed by atoms with Gasteiger partial charge in [-0.2, -0.15) is 0 Å². The molecule has 2 aliphatic heterocycles. The van der Waals surface area contributed by atoms with Crippen molar-refractivity contribution in [2.75, 3.05) is 31.6 Å². The van der Waals surface area contributed by atoms with Gasteiger partial charge in [0, 0.05) is 43.9 Å². The number of aryl methyl sites for hydroxylation is 2. The summed E-state index contributed by atoms with van der Waals surface area (Å²) in [5.41, 5.74) is 6.16. The van der Waals surface area contributed by atoms with Crippen molar-refractivity contribution in [2.24, 2.45) is 13.0 Å². The summed E-state index contributed by atoms with van der Waals surface area (Å²) in [6.07, 6.45) is 6.91. The van der Waals surface area contributed by atoms with Gasteiger partial charge in [0.25, 0.3) is 5.91 Å². The average molecular weight is 514 g/mol. The normalized spacial score (nSPS) is 19.4. The first kappa shape index (κ1) is 24.8. The lowest BCUT2D eigenvalue weighted by atomic mass is 9.75. The fourth-order valence-corrected chi connectivity index (χ4v) is 5.82. The summed E-state index contributed by atoms with van der Waals surface area (Å²) in [6, 6.07) is 10.0. The highest BCUT2D eigenvalue weighted by atomic mass is 16.5. The summed E-state index contributed by atoms with van der Waals surface area (Å²) in [4.78, 5) is 24.1. The van der Waals surface area contributed by atoms with Crippen LogP contribution in [0.5, 0.6) is 0 Å². The van der Waals surface area contributed by atoms with Crippen molar-refractivity contribution in [1.82, 2.24) is 29.6 Å². The minimum Gasteiger partial charge on any atom is -0.379 e. The Hall–Kier alpha value is -3.56. The maximum Gasteiger partial charge on any atom is 0.274 e. The number of piperidine rings is 1. The SMILES string of the molecule is Cc1c[nH]c2c(CN3CCC[C@H](C)C3)cc(C(=O)Nc3cccc(C4(Cc5nncn5C)COC4)c3)nc12. The second-order valence-corrected chi connectivity index (χ2v) is 11.2. The zero-order valence-corrected chi connectivity index (χ0v) is 22.3. The van der Waals surface area contributed by atoms with Gasteiger partial charge in [-0.05, 0) is 67.1 Å². The van der Waals surface area contributed by atoms with E-state index in [-0.39, 0.29) is 11.3 Å². The van der Waals surface area contributed by atoms with E-state index in [2.05, 4.69) is 38.4 Å². The topological polar surface area (TPSA) is 101 Å². The second-order valence-electron chi connectivity index (χ2n) is 11.2. The molecular formula is C29H35N7O2. The largest absolute Gasteiger partial charge is 0.379 e. The summed E-state index contributed by atoms with van der Waals surface area (Å²) < 4.78 is 7.58. The van der Waals surface area contributed by atoms with E-state index in [4.69, 9.17) is 9.72 Å². The number of likely N-dealkylation sites (tertiary alicyclic amines) is 1. The number of carbonyl (C=O) groups excluding carboxylic acids is 1. The van der Waals surface area contributed by atoms with Crippen LogP contribution in [-0.2, 0) is 30.2 Å². The van der Waals surface area contributed by atoms with E-state index in [1.54, 1.807) is 6.33 Å². The lowest BCUT2D eigenvalue weighted by Gasteiger charge is -2.41. The summed E-state index contributed by atoms with van der Waals surface area (Å²) in [7, 11) is 1.95. The molecule has 4 aromatic rings. The number of hydrogen-bond acceptors (Lipinski definition) is 6. The Balaban J connectivity index is 1.25. The summed E-state index contributed by atoms with van der Waals surface area (Å²) in [5.74, 6) is 1.40. The molecule has 2 fully saturated rings. The maximum absolute atomic E-state index is 13.5. The van der Waals surface area contributed by atoms with Crippen LogP contribution in [0.3, 0.4) is 0 Å². The van der Waals surface area contributed by atoms with Gasteiger partial charge in [0.2, 0.25) is 0 Å². The number of amides is 1. The number of rotatable bonds is 7. The highest BCUT2D eigenvalue weighted by Gasteiger charge is 2.41. The van der Waals surface area contributed by atoms with Gasteiger partial charge >= 0.3 is 0 Å². The summed E-state index contributed by atoms with van der Waals surface area (Å²) in [6.45, 7) is 8.54. The predicted molar refractivity (Wildman–Crippen MR) is 146 cm³/mol. The van der Waals surface area contributed by atoms with Gasteiger partial charge in [0.15, 0.2) is 0 Å². The first-order valence-electron chi connectivity index (χ1n) is 13.4. The molecule has 5 heterocycles. The first-order valence-corrected chi connectivity index (χ1v) is 13.4. The maximum atomic E-state index is 13.5. The standard InChI is InChI=1S/C29H35N7O2/c1-19-6-5-9-36(14-19)15-21-10-24(33-26-20(2)13-30-27(21)26)28(37)32-23-8-4-7-22(11-23)29(16-38-17-29)12-25-34-31-18-35(25)3/h4,7-8,10-11,13,18-19,30H,5-6,9,12,14-17H2,1-3H3,(H,32,37)/t19-/m0/s1. The fourth-order valence-electron chi connectivity index (χ4n) is 5.82. The number of carbonyl (C=O) groups is 1. The molecule has 2 aliphatic rings. The van der Waals surface area contributed by atoms with Crippen LogP contribution in [0.15, 0.2) is 42.9 Å². The molecule has 3 aromatic heterocycles. The van der Waals surface area contributed by atoms with Gasteiger partial charge in [-0.1, -0.05) is 19.1 Å². The molecular weight excluding hydrogens is 478 g/mol. The third kappa shape index (κ3) is 4.72. The molecule has 2 saturated heterocycles. The number of nitrogens with one attached hydrogen (secondary N) is 2. The van der Waals surface area contributed by atoms with Crippen LogP contribution in [0.4, 0.5) is 5.69 Å². The molecule has 0 bridgehead atoms. The van der Waals surface area contributed by atoms with Gasteiger partial charge in [0.05, 0.1) is 24.2 Å².